The van der Waals surface area contributed by atoms with Crippen molar-refractivity contribution in [3.05, 3.63) is 95.1 Å². The van der Waals surface area contributed by atoms with E-state index < -0.39 is 6.16 Å². The van der Waals surface area contributed by atoms with E-state index in [0.717, 1.165) is 5.56 Å². The Morgan fingerprint density at radius 3 is 2.17 bits per heavy atom. The van der Waals surface area contributed by atoms with Crippen molar-refractivity contribution in [1.29, 1.82) is 0 Å². The van der Waals surface area contributed by atoms with Gasteiger partial charge in [-0.25, -0.2) is 4.79 Å². The van der Waals surface area contributed by atoms with Crippen molar-refractivity contribution >= 4 is 29.4 Å². The molecule has 0 fully saturated rings. The Labute approximate surface area is 209 Å². The first-order valence-corrected chi connectivity index (χ1v) is 11.6. The number of hydrogen-bond acceptors (Lipinski definition) is 6. The van der Waals surface area contributed by atoms with Gasteiger partial charge in [0.25, 0.3) is 5.91 Å². The normalized spacial score (nSPS) is 10.3. The van der Waals surface area contributed by atoms with Crippen LogP contribution in [0.2, 0.25) is 0 Å². The summed E-state index contributed by atoms with van der Waals surface area (Å²) >= 11 is 0. The van der Waals surface area contributed by atoms with Crippen molar-refractivity contribution in [3.63, 3.8) is 0 Å². The third-order valence-corrected chi connectivity index (χ3v) is 5.26. The number of carbonyl (C=O) groups excluding carboxylic acids is 4. The molecule has 0 saturated heterocycles. The minimum absolute atomic E-state index is 0.0492. The molecule has 0 aromatic heterocycles. The maximum Gasteiger partial charge on any atom is 0.513 e. The van der Waals surface area contributed by atoms with Gasteiger partial charge in [-0.1, -0.05) is 48.0 Å². The molecule has 8 nitrogen and oxygen atoms in total. The fourth-order valence-corrected chi connectivity index (χ4v) is 3.32. The van der Waals surface area contributed by atoms with Crippen LogP contribution in [-0.2, 0) is 16.1 Å². The Morgan fingerprint density at radius 2 is 1.47 bits per heavy atom. The molecule has 0 bridgehead atoms. The lowest BCUT2D eigenvalue weighted by Crippen LogP contribution is -2.24. The summed E-state index contributed by atoms with van der Waals surface area (Å²) in [5, 5.41) is 5.63. The highest BCUT2D eigenvalue weighted by molar-refractivity contribution is 6.00. The molecule has 0 aliphatic rings. The number of amides is 2. The van der Waals surface area contributed by atoms with Gasteiger partial charge in [0.05, 0.1) is 6.61 Å². The van der Waals surface area contributed by atoms with Crippen LogP contribution >= 0.6 is 0 Å². The zero-order chi connectivity index (χ0) is 25.9. The first-order chi connectivity index (χ1) is 17.4. The maximum absolute atomic E-state index is 12.6. The molecular weight excluding hydrogens is 460 g/mol. The number of Topliss-reactive ketones (excluding diaryl/α,β-unsaturated/α-hetero) is 1. The van der Waals surface area contributed by atoms with Gasteiger partial charge < -0.3 is 20.1 Å². The summed E-state index contributed by atoms with van der Waals surface area (Å²) in [6, 6.07) is 20.4. The van der Waals surface area contributed by atoms with E-state index in [1.54, 1.807) is 43.3 Å². The fourth-order valence-electron chi connectivity index (χ4n) is 3.32. The lowest BCUT2D eigenvalue weighted by Gasteiger charge is -2.12. The number of rotatable bonds is 10. The van der Waals surface area contributed by atoms with Crippen molar-refractivity contribution in [2.45, 2.75) is 33.2 Å². The summed E-state index contributed by atoms with van der Waals surface area (Å²) < 4.78 is 9.70. The van der Waals surface area contributed by atoms with E-state index in [9.17, 15) is 19.2 Å². The second-order valence-corrected chi connectivity index (χ2v) is 7.99. The van der Waals surface area contributed by atoms with Gasteiger partial charge in [-0.15, -0.1) is 0 Å². The summed E-state index contributed by atoms with van der Waals surface area (Å²) in [4.78, 5) is 48.7. The van der Waals surface area contributed by atoms with Crippen molar-refractivity contribution in [2.75, 3.05) is 11.9 Å². The average molecular weight is 489 g/mol. The van der Waals surface area contributed by atoms with Crippen LogP contribution in [0.25, 0.3) is 0 Å². The van der Waals surface area contributed by atoms with E-state index in [4.69, 9.17) is 9.47 Å². The molecule has 36 heavy (non-hydrogen) atoms. The van der Waals surface area contributed by atoms with E-state index in [0.29, 0.717) is 22.4 Å². The number of hydrogen-bond donors (Lipinski definition) is 2. The van der Waals surface area contributed by atoms with E-state index in [2.05, 4.69) is 10.6 Å². The zero-order valence-electron chi connectivity index (χ0n) is 20.2. The van der Waals surface area contributed by atoms with E-state index in [1.165, 1.54) is 24.3 Å². The molecule has 186 valence electrons. The van der Waals surface area contributed by atoms with Crippen LogP contribution < -0.4 is 15.4 Å². The molecule has 3 rings (SSSR count). The molecule has 0 saturated carbocycles. The smallest absolute Gasteiger partial charge is 0.434 e. The van der Waals surface area contributed by atoms with Gasteiger partial charge >= 0.3 is 6.16 Å². The monoisotopic (exact) mass is 488 g/mol. The minimum atomic E-state index is -0.812. The topological polar surface area (TPSA) is 111 Å². The summed E-state index contributed by atoms with van der Waals surface area (Å²) in [5.41, 5.74) is 3.29. The average Bonchev–Trinajstić information content (AvgIpc) is 2.87. The van der Waals surface area contributed by atoms with Crippen LogP contribution in [0.4, 0.5) is 10.5 Å². The zero-order valence-corrected chi connectivity index (χ0v) is 20.2. The number of ether oxygens (including phenoxy) is 2. The SMILES string of the molecule is CCOC(=O)Oc1ccc(C(=O)NCc2ccccc2NC(=O)CCC(=O)c2ccc(C)cc2)cc1. The van der Waals surface area contributed by atoms with Crippen molar-refractivity contribution < 1.29 is 28.7 Å². The van der Waals surface area contributed by atoms with E-state index >= 15 is 0 Å². The third kappa shape index (κ3) is 7.80. The van der Waals surface area contributed by atoms with E-state index in [-0.39, 0.29) is 49.3 Å². The molecule has 0 aliphatic heterocycles. The number of anilines is 1. The summed E-state index contributed by atoms with van der Waals surface area (Å²) in [6.07, 6.45) is -0.662. The van der Waals surface area contributed by atoms with Crippen LogP contribution in [0.15, 0.2) is 72.8 Å². The number of ketones is 1. The molecule has 0 spiro atoms. The van der Waals surface area contributed by atoms with Crippen molar-refractivity contribution in [3.8, 4) is 5.75 Å². The Bertz CT molecular complexity index is 1220. The van der Waals surface area contributed by atoms with Crippen LogP contribution in [0.5, 0.6) is 5.75 Å². The third-order valence-electron chi connectivity index (χ3n) is 5.26. The van der Waals surface area contributed by atoms with Crippen LogP contribution in [-0.4, -0.2) is 30.4 Å². The number of carbonyl (C=O) groups is 4. The highest BCUT2D eigenvalue weighted by Crippen LogP contribution is 2.17. The van der Waals surface area contributed by atoms with Crippen LogP contribution in [0.3, 0.4) is 0 Å². The number of nitrogens with one attached hydrogen (secondary N) is 2. The maximum atomic E-state index is 12.6. The first-order valence-electron chi connectivity index (χ1n) is 11.6. The number of benzene rings is 3. The van der Waals surface area contributed by atoms with E-state index in [1.807, 2.05) is 19.1 Å². The molecule has 0 atom stereocenters. The van der Waals surface area contributed by atoms with Crippen molar-refractivity contribution in [1.82, 2.24) is 5.32 Å². The Morgan fingerprint density at radius 1 is 0.806 bits per heavy atom. The summed E-state index contributed by atoms with van der Waals surface area (Å²) in [7, 11) is 0. The summed E-state index contributed by atoms with van der Waals surface area (Å²) in [6.45, 7) is 4.00. The molecule has 3 aromatic carbocycles. The highest BCUT2D eigenvalue weighted by atomic mass is 16.7. The minimum Gasteiger partial charge on any atom is -0.434 e. The number of para-hydroxylation sites is 1. The van der Waals surface area contributed by atoms with Crippen LogP contribution in [0, 0.1) is 6.92 Å². The quantitative estimate of drug-likeness (QED) is 0.234. The standard InChI is InChI=1S/C28H28N2O6/c1-3-35-28(34)36-23-14-12-21(13-15-23)27(33)29-18-22-6-4-5-7-24(22)30-26(32)17-16-25(31)20-10-8-19(2)9-11-20/h4-15H,3,16-18H2,1-2H3,(H,29,33)(H,30,32). The van der Waals surface area contributed by atoms with Gasteiger partial charge in [0.1, 0.15) is 5.75 Å². The molecule has 0 unspecified atom stereocenters. The predicted molar refractivity (Wildman–Crippen MR) is 135 cm³/mol. The Balaban J connectivity index is 1.52. The van der Waals surface area contributed by atoms with Gasteiger partial charge in [0.2, 0.25) is 5.91 Å². The van der Waals surface area contributed by atoms with Gasteiger partial charge in [0, 0.05) is 36.2 Å². The molecule has 0 radical (unpaired) electrons. The number of aryl methyl sites for hydroxylation is 1. The van der Waals surface area contributed by atoms with Crippen molar-refractivity contribution in [2.24, 2.45) is 0 Å². The lowest BCUT2D eigenvalue weighted by atomic mass is 10.0. The molecule has 0 heterocycles. The molecular formula is C28H28N2O6. The fraction of sp³-hybridized carbons (Fsp3) is 0.214. The molecule has 0 aliphatic carbocycles. The largest absolute Gasteiger partial charge is 0.513 e. The molecule has 8 heteroatoms. The van der Waals surface area contributed by atoms with Gasteiger partial charge in [-0.05, 0) is 49.7 Å². The predicted octanol–water partition coefficient (Wildman–Crippen LogP) is 5.06. The molecule has 3 aromatic rings. The lowest BCUT2D eigenvalue weighted by molar-refractivity contribution is -0.116. The van der Waals surface area contributed by atoms with Gasteiger partial charge in [-0.3, -0.25) is 14.4 Å². The van der Waals surface area contributed by atoms with Crippen LogP contribution in [0.1, 0.15) is 51.6 Å². The first kappa shape index (κ1) is 26.2. The second-order valence-electron chi connectivity index (χ2n) is 7.99. The van der Waals surface area contributed by atoms with Gasteiger partial charge in [0.15, 0.2) is 5.78 Å². The molecule has 2 N–H and O–H groups in total. The second kappa shape index (κ2) is 12.9. The summed E-state index contributed by atoms with van der Waals surface area (Å²) in [5.74, 6) is -0.447. The Kier molecular flexibility index (Phi) is 9.33. The highest BCUT2D eigenvalue weighted by Gasteiger charge is 2.13. The Hall–Kier alpha value is -4.46. The van der Waals surface area contributed by atoms with Gasteiger partial charge in [-0.2, -0.15) is 0 Å². The molecule has 2 amide bonds.